The topological polar surface area (TPSA) is 127 Å². The minimum absolute atomic E-state index is 0.0830. The number of aromatic amines is 1. The highest BCUT2D eigenvalue weighted by Crippen LogP contribution is 2.18. The minimum atomic E-state index is -0.631. The number of esters is 1. The number of nitrogens with two attached hydrogens (primary N) is 1. The van der Waals surface area contributed by atoms with Crippen LogP contribution in [-0.4, -0.2) is 34.9 Å². The first-order chi connectivity index (χ1) is 10.4. The van der Waals surface area contributed by atoms with Crippen LogP contribution in [0.2, 0.25) is 0 Å². The van der Waals surface area contributed by atoms with Crippen LogP contribution in [0.4, 0.5) is 5.69 Å². The smallest absolute Gasteiger partial charge is 0.356 e. The molecule has 4 N–H and O–H groups in total. The summed E-state index contributed by atoms with van der Waals surface area (Å²) in [4.78, 5) is 41.3. The summed E-state index contributed by atoms with van der Waals surface area (Å²) in [5, 5.41) is 2.56. The molecule has 22 heavy (non-hydrogen) atoms. The Labute approximate surface area is 125 Å². The average Bonchev–Trinajstić information content (AvgIpc) is 2.87. The molecule has 0 bridgehead atoms. The number of H-pyrrole nitrogens is 1. The molecule has 0 aliphatic heterocycles. The van der Waals surface area contributed by atoms with E-state index in [9.17, 15) is 14.4 Å². The zero-order chi connectivity index (χ0) is 16.3. The first-order valence-electron chi connectivity index (χ1n) is 6.27. The van der Waals surface area contributed by atoms with Crippen molar-refractivity contribution in [2.45, 2.75) is 6.92 Å². The van der Waals surface area contributed by atoms with Gasteiger partial charge in [-0.25, -0.2) is 4.79 Å². The second-order valence-electron chi connectivity index (χ2n) is 4.48. The van der Waals surface area contributed by atoms with Gasteiger partial charge in [-0.1, -0.05) is 0 Å². The molecule has 2 heterocycles. The van der Waals surface area contributed by atoms with Gasteiger partial charge in [0, 0.05) is 11.9 Å². The standard InChI is InChI=1S/C14H14N4O4/c1-7-5-10(11(17-7)14(21)22-2)18-13(20)9-4-3-8(6-16-9)12(15)19/h3-6,17H,1-2H3,(H2,15,19)(H,18,20). The molecule has 2 amide bonds. The van der Waals surface area contributed by atoms with E-state index >= 15 is 0 Å². The number of nitrogens with zero attached hydrogens (tertiary/aromatic N) is 1. The van der Waals surface area contributed by atoms with Gasteiger partial charge in [-0.05, 0) is 25.1 Å². The molecule has 0 atom stereocenters. The van der Waals surface area contributed by atoms with Crippen LogP contribution in [0.25, 0.3) is 0 Å². The monoisotopic (exact) mass is 302 g/mol. The predicted molar refractivity (Wildman–Crippen MR) is 77.6 cm³/mol. The Morgan fingerprint density at radius 3 is 2.59 bits per heavy atom. The third-order valence-electron chi connectivity index (χ3n) is 2.87. The molecular weight excluding hydrogens is 288 g/mol. The molecule has 0 saturated carbocycles. The number of amides is 2. The Hall–Kier alpha value is -3.16. The maximum Gasteiger partial charge on any atom is 0.356 e. The molecule has 2 aromatic heterocycles. The molecule has 2 rings (SSSR count). The lowest BCUT2D eigenvalue weighted by Gasteiger charge is -2.05. The van der Waals surface area contributed by atoms with Crippen molar-refractivity contribution in [2.75, 3.05) is 12.4 Å². The molecule has 0 spiro atoms. The number of ether oxygens (including phenoxy) is 1. The van der Waals surface area contributed by atoms with Crippen molar-refractivity contribution in [1.29, 1.82) is 0 Å². The van der Waals surface area contributed by atoms with E-state index in [2.05, 4.69) is 20.0 Å². The van der Waals surface area contributed by atoms with E-state index < -0.39 is 17.8 Å². The van der Waals surface area contributed by atoms with Gasteiger partial charge in [-0.3, -0.25) is 14.6 Å². The van der Waals surface area contributed by atoms with Gasteiger partial charge in [-0.15, -0.1) is 0 Å². The summed E-state index contributed by atoms with van der Waals surface area (Å²) in [6.45, 7) is 1.74. The second-order valence-corrected chi connectivity index (χ2v) is 4.48. The molecule has 0 saturated heterocycles. The van der Waals surface area contributed by atoms with Crippen molar-refractivity contribution < 1.29 is 19.1 Å². The summed E-state index contributed by atoms with van der Waals surface area (Å²) < 4.78 is 4.63. The van der Waals surface area contributed by atoms with Gasteiger partial charge < -0.3 is 20.8 Å². The Balaban J connectivity index is 2.22. The third kappa shape index (κ3) is 3.11. The molecule has 0 radical (unpaired) electrons. The van der Waals surface area contributed by atoms with Crippen LogP contribution in [0.5, 0.6) is 0 Å². The average molecular weight is 302 g/mol. The molecule has 0 aliphatic rings. The highest BCUT2D eigenvalue weighted by molar-refractivity contribution is 6.07. The number of hydrogen-bond acceptors (Lipinski definition) is 5. The Morgan fingerprint density at radius 1 is 1.32 bits per heavy atom. The largest absolute Gasteiger partial charge is 0.464 e. The first-order valence-corrected chi connectivity index (χ1v) is 6.27. The first kappa shape index (κ1) is 15.2. The number of carbonyl (C=O) groups is 3. The van der Waals surface area contributed by atoms with Crippen LogP contribution >= 0.6 is 0 Å². The highest BCUT2D eigenvalue weighted by atomic mass is 16.5. The van der Waals surface area contributed by atoms with E-state index in [1.165, 1.54) is 25.4 Å². The zero-order valence-electron chi connectivity index (χ0n) is 12.0. The van der Waals surface area contributed by atoms with Crippen LogP contribution in [0.3, 0.4) is 0 Å². The van der Waals surface area contributed by atoms with Gasteiger partial charge in [0.2, 0.25) is 5.91 Å². The summed E-state index contributed by atoms with van der Waals surface area (Å²) in [6, 6.07) is 4.36. The summed E-state index contributed by atoms with van der Waals surface area (Å²) in [7, 11) is 1.24. The van der Waals surface area contributed by atoms with Crippen LogP contribution in [-0.2, 0) is 4.74 Å². The number of nitrogens with one attached hydrogen (secondary N) is 2. The number of rotatable bonds is 4. The fourth-order valence-electron chi connectivity index (χ4n) is 1.81. The van der Waals surface area contributed by atoms with E-state index in [1.807, 2.05) is 0 Å². The van der Waals surface area contributed by atoms with E-state index in [4.69, 9.17) is 5.73 Å². The van der Waals surface area contributed by atoms with Crippen LogP contribution in [0, 0.1) is 6.92 Å². The van der Waals surface area contributed by atoms with Gasteiger partial charge in [-0.2, -0.15) is 0 Å². The molecular formula is C14H14N4O4. The molecule has 2 aromatic rings. The van der Waals surface area contributed by atoms with Gasteiger partial charge in [0.05, 0.1) is 18.4 Å². The molecule has 114 valence electrons. The Bertz CT molecular complexity index is 734. The SMILES string of the molecule is COC(=O)c1[nH]c(C)cc1NC(=O)c1ccc(C(N)=O)cn1. The Morgan fingerprint density at radius 2 is 2.05 bits per heavy atom. The number of carbonyl (C=O) groups excluding carboxylic acids is 3. The number of methoxy groups -OCH3 is 1. The van der Waals surface area contributed by atoms with Crippen molar-refractivity contribution in [1.82, 2.24) is 9.97 Å². The van der Waals surface area contributed by atoms with Crippen molar-refractivity contribution in [2.24, 2.45) is 5.73 Å². The van der Waals surface area contributed by atoms with E-state index in [0.717, 1.165) is 0 Å². The maximum absolute atomic E-state index is 12.1. The number of hydrogen-bond donors (Lipinski definition) is 3. The molecule has 0 fully saturated rings. The molecule has 0 unspecified atom stereocenters. The van der Waals surface area contributed by atoms with Crippen LogP contribution in [0.1, 0.15) is 37.0 Å². The van der Waals surface area contributed by atoms with Crippen molar-refractivity contribution in [3.8, 4) is 0 Å². The van der Waals surface area contributed by atoms with E-state index in [0.29, 0.717) is 5.69 Å². The lowest BCUT2D eigenvalue weighted by atomic mass is 10.2. The fraction of sp³-hybridized carbons (Fsp3) is 0.143. The zero-order valence-corrected chi connectivity index (χ0v) is 12.0. The summed E-state index contributed by atoms with van der Waals surface area (Å²) in [6.07, 6.45) is 1.21. The maximum atomic E-state index is 12.1. The predicted octanol–water partition coefficient (Wildman–Crippen LogP) is 0.856. The number of aromatic nitrogens is 2. The molecule has 0 aromatic carbocycles. The van der Waals surface area contributed by atoms with Crippen molar-refractivity contribution in [3.05, 3.63) is 47.0 Å². The number of aryl methyl sites for hydroxylation is 1. The van der Waals surface area contributed by atoms with Gasteiger partial charge >= 0.3 is 5.97 Å². The number of anilines is 1. The minimum Gasteiger partial charge on any atom is -0.464 e. The number of pyridine rings is 1. The van der Waals surface area contributed by atoms with Crippen molar-refractivity contribution >= 4 is 23.5 Å². The third-order valence-corrected chi connectivity index (χ3v) is 2.87. The summed E-state index contributed by atoms with van der Waals surface area (Å²) in [5.41, 5.74) is 6.50. The lowest BCUT2D eigenvalue weighted by Crippen LogP contribution is -2.17. The van der Waals surface area contributed by atoms with Gasteiger partial charge in [0.25, 0.3) is 5.91 Å². The van der Waals surface area contributed by atoms with Crippen molar-refractivity contribution in [3.63, 3.8) is 0 Å². The normalized spacial score (nSPS) is 10.1. The highest BCUT2D eigenvalue weighted by Gasteiger charge is 2.18. The lowest BCUT2D eigenvalue weighted by molar-refractivity contribution is 0.0595. The fourth-order valence-corrected chi connectivity index (χ4v) is 1.81. The van der Waals surface area contributed by atoms with E-state index in [1.54, 1.807) is 13.0 Å². The van der Waals surface area contributed by atoms with Gasteiger partial charge in [0.1, 0.15) is 11.4 Å². The van der Waals surface area contributed by atoms with Crippen LogP contribution < -0.4 is 11.1 Å². The summed E-state index contributed by atoms with van der Waals surface area (Å²) in [5.74, 6) is -1.76. The van der Waals surface area contributed by atoms with Gasteiger partial charge in [0.15, 0.2) is 0 Å². The molecule has 8 nitrogen and oxygen atoms in total. The Kier molecular flexibility index (Phi) is 4.21. The van der Waals surface area contributed by atoms with E-state index in [-0.39, 0.29) is 22.6 Å². The molecule has 0 aliphatic carbocycles. The quantitative estimate of drug-likeness (QED) is 0.722. The number of primary amides is 1. The second kappa shape index (κ2) is 6.08. The summed E-state index contributed by atoms with van der Waals surface area (Å²) >= 11 is 0. The molecule has 8 heteroatoms. The van der Waals surface area contributed by atoms with Crippen LogP contribution in [0.15, 0.2) is 24.4 Å².